The molecule has 0 aliphatic carbocycles. The molecule has 1 atom stereocenters. The number of benzene rings is 2. The monoisotopic (exact) mass is 328 g/mol. The van der Waals surface area contributed by atoms with E-state index in [1.165, 1.54) is 0 Å². The third kappa shape index (κ3) is 3.45. The van der Waals surface area contributed by atoms with E-state index in [2.05, 4.69) is 0 Å². The number of halogens is 3. The van der Waals surface area contributed by atoms with E-state index in [0.717, 1.165) is 0 Å². The zero-order valence-corrected chi connectivity index (χ0v) is 12.8. The first kappa shape index (κ1) is 15.2. The molecule has 2 nitrogen and oxygen atoms in total. The summed E-state index contributed by atoms with van der Waals surface area (Å²) in [7, 11) is 0. The maximum absolute atomic E-state index is 12.2. The highest BCUT2D eigenvalue weighted by Crippen LogP contribution is 2.32. The summed E-state index contributed by atoms with van der Waals surface area (Å²) in [6, 6.07) is 11.7. The molecule has 0 radical (unpaired) electrons. The average molecular weight is 330 g/mol. The third-order valence-electron chi connectivity index (χ3n) is 2.70. The standard InChI is InChI=1S/C15H11Cl3O2/c1-9(15(19)10-4-2-5-11(16)8-10)20-13-7-3-6-12(17)14(13)18/h2-9H,1H3. The van der Waals surface area contributed by atoms with Gasteiger partial charge in [0.25, 0.3) is 0 Å². The molecule has 0 heterocycles. The summed E-state index contributed by atoms with van der Waals surface area (Å²) in [5, 5.41) is 1.18. The number of ketones is 1. The largest absolute Gasteiger partial charge is 0.481 e. The molecule has 0 saturated heterocycles. The molecule has 1 unspecified atom stereocenters. The van der Waals surface area contributed by atoms with Gasteiger partial charge < -0.3 is 4.74 Å². The predicted octanol–water partition coefficient (Wildman–Crippen LogP) is 5.30. The van der Waals surface area contributed by atoms with Crippen LogP contribution in [0.15, 0.2) is 42.5 Å². The van der Waals surface area contributed by atoms with Gasteiger partial charge in [0.2, 0.25) is 5.78 Å². The van der Waals surface area contributed by atoms with Crippen LogP contribution in [0.3, 0.4) is 0 Å². The quantitative estimate of drug-likeness (QED) is 0.712. The second-order valence-corrected chi connectivity index (χ2v) is 5.41. The summed E-state index contributed by atoms with van der Waals surface area (Å²) in [6.45, 7) is 1.65. The van der Waals surface area contributed by atoms with Crippen LogP contribution in [0.2, 0.25) is 15.1 Å². The lowest BCUT2D eigenvalue weighted by molar-refractivity contribution is 0.0818. The molecule has 0 spiro atoms. The molecule has 20 heavy (non-hydrogen) atoms. The molecule has 0 amide bonds. The van der Waals surface area contributed by atoms with Crippen LogP contribution in [-0.4, -0.2) is 11.9 Å². The number of rotatable bonds is 4. The average Bonchev–Trinajstić information content (AvgIpc) is 2.43. The summed E-state index contributed by atoms with van der Waals surface area (Å²) < 4.78 is 5.57. The van der Waals surface area contributed by atoms with Crippen molar-refractivity contribution < 1.29 is 9.53 Å². The fraction of sp³-hybridized carbons (Fsp3) is 0.133. The highest BCUT2D eigenvalue weighted by molar-refractivity contribution is 6.42. The van der Waals surface area contributed by atoms with Crippen LogP contribution in [0.1, 0.15) is 17.3 Å². The maximum atomic E-state index is 12.2. The van der Waals surface area contributed by atoms with Gasteiger partial charge in [-0.2, -0.15) is 0 Å². The van der Waals surface area contributed by atoms with Gasteiger partial charge in [0.1, 0.15) is 10.8 Å². The molecule has 104 valence electrons. The molecule has 2 aromatic rings. The fourth-order valence-electron chi connectivity index (χ4n) is 1.70. The van der Waals surface area contributed by atoms with Crippen LogP contribution in [0.5, 0.6) is 5.75 Å². The molecule has 0 fully saturated rings. The number of carbonyl (C=O) groups is 1. The Hall–Kier alpha value is -1.22. The Kier molecular flexibility index (Phi) is 4.92. The molecular formula is C15H11Cl3O2. The lowest BCUT2D eigenvalue weighted by Gasteiger charge is -2.15. The van der Waals surface area contributed by atoms with E-state index in [1.54, 1.807) is 49.4 Å². The first-order chi connectivity index (χ1) is 9.49. The normalized spacial score (nSPS) is 12.0. The SMILES string of the molecule is CC(Oc1cccc(Cl)c1Cl)C(=O)c1cccc(Cl)c1. The Labute approximate surface area is 132 Å². The van der Waals surface area contributed by atoms with Crippen LogP contribution >= 0.6 is 34.8 Å². The minimum absolute atomic E-state index is 0.177. The minimum atomic E-state index is -0.690. The summed E-state index contributed by atoms with van der Waals surface area (Å²) in [5.74, 6) is 0.200. The molecule has 0 bridgehead atoms. The van der Waals surface area contributed by atoms with Crippen LogP contribution < -0.4 is 4.74 Å². The van der Waals surface area contributed by atoms with Crippen molar-refractivity contribution in [3.8, 4) is 5.75 Å². The lowest BCUT2D eigenvalue weighted by Crippen LogP contribution is -2.24. The van der Waals surface area contributed by atoms with Crippen molar-refractivity contribution in [2.24, 2.45) is 0 Å². The van der Waals surface area contributed by atoms with E-state index in [0.29, 0.717) is 26.4 Å². The van der Waals surface area contributed by atoms with Gasteiger partial charge in [0.15, 0.2) is 6.10 Å². The van der Waals surface area contributed by atoms with Gasteiger partial charge in [-0.15, -0.1) is 0 Å². The van der Waals surface area contributed by atoms with Crippen LogP contribution in [0.25, 0.3) is 0 Å². The maximum Gasteiger partial charge on any atom is 0.203 e. The van der Waals surface area contributed by atoms with E-state index >= 15 is 0 Å². The van der Waals surface area contributed by atoms with Crippen molar-refractivity contribution in [1.29, 1.82) is 0 Å². The van der Waals surface area contributed by atoms with E-state index in [9.17, 15) is 4.79 Å². The van der Waals surface area contributed by atoms with Gasteiger partial charge in [0, 0.05) is 10.6 Å². The summed E-state index contributed by atoms with van der Waals surface area (Å²) >= 11 is 17.8. The molecule has 0 saturated carbocycles. The van der Waals surface area contributed by atoms with Crippen molar-refractivity contribution in [3.63, 3.8) is 0 Å². The number of hydrogen-bond acceptors (Lipinski definition) is 2. The Morgan fingerprint density at radius 1 is 1.10 bits per heavy atom. The number of ether oxygens (including phenoxy) is 1. The Balaban J connectivity index is 2.18. The van der Waals surface area contributed by atoms with Crippen LogP contribution in [0, 0.1) is 0 Å². The van der Waals surface area contributed by atoms with Crippen molar-refractivity contribution in [2.75, 3.05) is 0 Å². The Morgan fingerprint density at radius 2 is 1.80 bits per heavy atom. The highest BCUT2D eigenvalue weighted by atomic mass is 35.5. The third-order valence-corrected chi connectivity index (χ3v) is 3.73. The highest BCUT2D eigenvalue weighted by Gasteiger charge is 2.18. The van der Waals surface area contributed by atoms with Crippen molar-refractivity contribution >= 4 is 40.6 Å². The van der Waals surface area contributed by atoms with Crippen LogP contribution in [-0.2, 0) is 0 Å². The molecule has 2 rings (SSSR count). The zero-order valence-electron chi connectivity index (χ0n) is 10.6. The molecule has 0 aliphatic heterocycles. The first-order valence-electron chi connectivity index (χ1n) is 5.89. The molecule has 5 heteroatoms. The molecule has 0 aliphatic rings. The van der Waals surface area contributed by atoms with Gasteiger partial charge in [-0.05, 0) is 31.2 Å². The first-order valence-corrected chi connectivity index (χ1v) is 7.03. The van der Waals surface area contributed by atoms with E-state index in [-0.39, 0.29) is 5.78 Å². The molecule has 2 aromatic carbocycles. The Bertz CT molecular complexity index is 641. The van der Waals surface area contributed by atoms with Crippen molar-refractivity contribution in [2.45, 2.75) is 13.0 Å². The van der Waals surface area contributed by atoms with Gasteiger partial charge in [0.05, 0.1) is 5.02 Å². The van der Waals surface area contributed by atoms with Gasteiger partial charge in [-0.3, -0.25) is 4.79 Å². The number of Topliss-reactive ketones (excluding diaryl/α,β-unsaturated/α-hetero) is 1. The summed E-state index contributed by atoms with van der Waals surface area (Å²) in [4.78, 5) is 12.2. The molecular weight excluding hydrogens is 319 g/mol. The van der Waals surface area contributed by atoms with Crippen molar-refractivity contribution in [3.05, 3.63) is 63.1 Å². The van der Waals surface area contributed by atoms with Crippen molar-refractivity contribution in [1.82, 2.24) is 0 Å². The zero-order chi connectivity index (χ0) is 14.7. The number of hydrogen-bond donors (Lipinski definition) is 0. The van der Waals surface area contributed by atoms with E-state index in [1.807, 2.05) is 0 Å². The van der Waals surface area contributed by atoms with Gasteiger partial charge >= 0.3 is 0 Å². The van der Waals surface area contributed by atoms with E-state index < -0.39 is 6.10 Å². The summed E-state index contributed by atoms with van der Waals surface area (Å²) in [5.41, 5.74) is 0.489. The molecule has 0 N–H and O–H groups in total. The minimum Gasteiger partial charge on any atom is -0.481 e. The van der Waals surface area contributed by atoms with Gasteiger partial charge in [-0.1, -0.05) is 53.0 Å². The van der Waals surface area contributed by atoms with Gasteiger partial charge in [-0.25, -0.2) is 0 Å². The Morgan fingerprint density at radius 3 is 2.50 bits per heavy atom. The second kappa shape index (κ2) is 6.49. The van der Waals surface area contributed by atoms with Crippen LogP contribution in [0.4, 0.5) is 0 Å². The molecule has 0 aromatic heterocycles. The lowest BCUT2D eigenvalue weighted by atomic mass is 10.1. The van der Waals surface area contributed by atoms with E-state index in [4.69, 9.17) is 39.5 Å². The summed E-state index contributed by atoms with van der Waals surface area (Å²) in [6.07, 6.45) is -0.690. The topological polar surface area (TPSA) is 26.3 Å². The predicted molar refractivity (Wildman–Crippen MR) is 82.3 cm³/mol. The fourth-order valence-corrected chi connectivity index (χ4v) is 2.22. The smallest absolute Gasteiger partial charge is 0.203 e. The second-order valence-electron chi connectivity index (χ2n) is 4.19. The number of carbonyl (C=O) groups excluding carboxylic acids is 1.